The first-order chi connectivity index (χ1) is 13.2. The van der Waals surface area contributed by atoms with Crippen LogP contribution in [0, 0.1) is 0 Å². The van der Waals surface area contributed by atoms with E-state index < -0.39 is 0 Å². The molecular weight excluding hydrogens is 404 g/mol. The number of aromatic hydroxyl groups is 1. The molecule has 3 aromatic carbocycles. The summed E-state index contributed by atoms with van der Waals surface area (Å²) in [4.78, 5) is 9.30. The highest BCUT2D eigenvalue weighted by Gasteiger charge is 2.09. The second-order valence-electron chi connectivity index (χ2n) is 5.85. The molecule has 1 heterocycles. The highest BCUT2D eigenvalue weighted by Crippen LogP contribution is 2.26. The Balaban J connectivity index is 1.72. The number of fused-ring (bicyclic) bond motifs is 1. The molecule has 6 heteroatoms. The lowest BCUT2D eigenvalue weighted by atomic mass is 10.2. The van der Waals surface area contributed by atoms with Crippen LogP contribution >= 0.6 is 15.9 Å². The van der Waals surface area contributed by atoms with Crippen molar-refractivity contribution >= 4 is 38.9 Å². The van der Waals surface area contributed by atoms with Crippen LogP contribution < -0.4 is 5.43 Å². The smallest absolute Gasteiger partial charge is 0.162 e. The summed E-state index contributed by atoms with van der Waals surface area (Å²) in [6.07, 6.45) is 1.56. The van der Waals surface area contributed by atoms with Gasteiger partial charge in [0.15, 0.2) is 11.6 Å². The molecule has 2 N–H and O–H groups in total. The van der Waals surface area contributed by atoms with Gasteiger partial charge in [-0.3, -0.25) is 5.43 Å². The number of nitrogens with zero attached hydrogens (tertiary/aromatic N) is 3. The summed E-state index contributed by atoms with van der Waals surface area (Å²) in [5.41, 5.74) is 5.34. The van der Waals surface area contributed by atoms with Crippen molar-refractivity contribution < 1.29 is 5.11 Å². The SMILES string of the molecule is Oc1ccccc1C=NNc1nc(-c2ccc(Br)cc2)nc2ccccc12. The standard InChI is InChI=1S/C21H15BrN4O/c22-16-11-9-14(10-12-16)20-24-18-7-3-2-6-17(18)21(25-20)26-23-13-15-5-1-4-8-19(15)27/h1-13,27H,(H,24,25,26). The number of halogens is 1. The van der Waals surface area contributed by atoms with E-state index in [-0.39, 0.29) is 5.75 Å². The Morgan fingerprint density at radius 2 is 1.63 bits per heavy atom. The van der Waals surface area contributed by atoms with Crippen LogP contribution in [0.15, 0.2) is 82.4 Å². The van der Waals surface area contributed by atoms with Gasteiger partial charge in [-0.1, -0.05) is 52.3 Å². The number of phenolic OH excluding ortho intramolecular Hbond substituents is 1. The van der Waals surface area contributed by atoms with Gasteiger partial charge in [0.25, 0.3) is 0 Å². The van der Waals surface area contributed by atoms with Crippen LogP contribution in [0.1, 0.15) is 5.56 Å². The first kappa shape index (κ1) is 17.2. The topological polar surface area (TPSA) is 70.4 Å². The Morgan fingerprint density at radius 1 is 0.889 bits per heavy atom. The second kappa shape index (κ2) is 7.55. The van der Waals surface area contributed by atoms with Gasteiger partial charge in [-0.25, -0.2) is 9.97 Å². The third kappa shape index (κ3) is 3.80. The maximum atomic E-state index is 9.85. The van der Waals surface area contributed by atoms with Crippen molar-refractivity contribution in [3.05, 3.63) is 82.8 Å². The minimum atomic E-state index is 0.172. The van der Waals surface area contributed by atoms with Crippen LogP contribution in [0.4, 0.5) is 5.82 Å². The van der Waals surface area contributed by atoms with Crippen LogP contribution in [-0.2, 0) is 0 Å². The molecule has 0 fully saturated rings. The maximum Gasteiger partial charge on any atom is 0.162 e. The zero-order valence-electron chi connectivity index (χ0n) is 14.2. The van der Waals surface area contributed by atoms with Crippen molar-refractivity contribution in [2.24, 2.45) is 5.10 Å². The molecule has 0 saturated heterocycles. The quantitative estimate of drug-likeness (QED) is 0.352. The number of phenols is 1. The highest BCUT2D eigenvalue weighted by molar-refractivity contribution is 9.10. The van der Waals surface area contributed by atoms with Gasteiger partial charge >= 0.3 is 0 Å². The van der Waals surface area contributed by atoms with Gasteiger partial charge in [0, 0.05) is 21.0 Å². The molecule has 0 atom stereocenters. The summed E-state index contributed by atoms with van der Waals surface area (Å²) in [6.45, 7) is 0. The largest absolute Gasteiger partial charge is 0.507 e. The van der Waals surface area contributed by atoms with Crippen LogP contribution in [-0.4, -0.2) is 21.3 Å². The summed E-state index contributed by atoms with van der Waals surface area (Å²) in [7, 11) is 0. The van der Waals surface area contributed by atoms with E-state index >= 15 is 0 Å². The molecular formula is C21H15BrN4O. The Bertz CT molecular complexity index is 1130. The molecule has 27 heavy (non-hydrogen) atoms. The zero-order chi connectivity index (χ0) is 18.6. The molecule has 5 nitrogen and oxygen atoms in total. The summed E-state index contributed by atoms with van der Waals surface area (Å²) >= 11 is 3.44. The molecule has 1 aromatic heterocycles. The Kier molecular flexibility index (Phi) is 4.80. The van der Waals surface area contributed by atoms with E-state index in [1.165, 1.54) is 0 Å². The molecule has 0 amide bonds. The predicted octanol–water partition coefficient (Wildman–Crippen LogP) is 5.21. The van der Waals surface area contributed by atoms with Gasteiger partial charge in [-0.15, -0.1) is 0 Å². The van der Waals surface area contributed by atoms with E-state index in [9.17, 15) is 5.11 Å². The van der Waals surface area contributed by atoms with Crippen molar-refractivity contribution in [3.8, 4) is 17.1 Å². The second-order valence-corrected chi connectivity index (χ2v) is 6.76. The monoisotopic (exact) mass is 418 g/mol. The third-order valence-corrected chi connectivity index (χ3v) is 4.55. The van der Waals surface area contributed by atoms with Gasteiger partial charge in [0.1, 0.15) is 5.75 Å². The fraction of sp³-hybridized carbons (Fsp3) is 0. The van der Waals surface area contributed by atoms with E-state index in [1.54, 1.807) is 24.4 Å². The van der Waals surface area contributed by atoms with Crippen molar-refractivity contribution in [1.29, 1.82) is 0 Å². The molecule has 132 valence electrons. The van der Waals surface area contributed by atoms with Crippen LogP contribution in [0.3, 0.4) is 0 Å². The Morgan fingerprint density at radius 3 is 2.44 bits per heavy atom. The molecule has 0 saturated carbocycles. The molecule has 0 aliphatic carbocycles. The average Bonchev–Trinajstić information content (AvgIpc) is 2.70. The van der Waals surface area contributed by atoms with E-state index in [4.69, 9.17) is 0 Å². The lowest BCUT2D eigenvalue weighted by Crippen LogP contribution is -1.99. The van der Waals surface area contributed by atoms with Crippen LogP contribution in [0.2, 0.25) is 0 Å². The number of anilines is 1. The first-order valence-electron chi connectivity index (χ1n) is 8.30. The maximum absolute atomic E-state index is 9.85. The van der Waals surface area contributed by atoms with Crippen molar-refractivity contribution in [2.45, 2.75) is 0 Å². The third-order valence-electron chi connectivity index (χ3n) is 4.02. The van der Waals surface area contributed by atoms with E-state index in [2.05, 4.69) is 36.4 Å². The number of benzene rings is 3. The molecule has 0 aliphatic heterocycles. The Hall–Kier alpha value is -3.25. The molecule has 0 spiro atoms. The number of nitrogens with one attached hydrogen (secondary N) is 1. The molecule has 0 unspecified atom stereocenters. The average molecular weight is 419 g/mol. The van der Waals surface area contributed by atoms with E-state index in [0.29, 0.717) is 17.2 Å². The fourth-order valence-corrected chi connectivity index (χ4v) is 2.91. The molecule has 4 rings (SSSR count). The molecule has 4 aromatic rings. The number of hydrazone groups is 1. The van der Waals surface area contributed by atoms with Crippen molar-refractivity contribution in [3.63, 3.8) is 0 Å². The minimum absolute atomic E-state index is 0.172. The molecule has 0 radical (unpaired) electrons. The number of hydrogen-bond donors (Lipinski definition) is 2. The van der Waals surface area contributed by atoms with Gasteiger partial charge in [0.2, 0.25) is 0 Å². The minimum Gasteiger partial charge on any atom is -0.507 e. The number of para-hydroxylation sites is 2. The Labute approximate surface area is 164 Å². The van der Waals surface area contributed by atoms with Crippen LogP contribution in [0.5, 0.6) is 5.75 Å². The number of aromatic nitrogens is 2. The van der Waals surface area contributed by atoms with Gasteiger partial charge in [-0.05, 0) is 36.4 Å². The lowest BCUT2D eigenvalue weighted by Gasteiger charge is -2.08. The first-order valence-corrected chi connectivity index (χ1v) is 9.10. The summed E-state index contributed by atoms with van der Waals surface area (Å²) < 4.78 is 0.998. The van der Waals surface area contributed by atoms with E-state index in [1.807, 2.05) is 54.6 Å². The predicted molar refractivity (Wildman–Crippen MR) is 112 cm³/mol. The van der Waals surface area contributed by atoms with Crippen molar-refractivity contribution in [2.75, 3.05) is 5.43 Å². The van der Waals surface area contributed by atoms with Gasteiger partial charge in [-0.2, -0.15) is 5.10 Å². The fourth-order valence-electron chi connectivity index (χ4n) is 2.65. The number of hydrogen-bond acceptors (Lipinski definition) is 5. The highest BCUT2D eigenvalue weighted by atomic mass is 79.9. The summed E-state index contributed by atoms with van der Waals surface area (Å²) in [5, 5.41) is 15.0. The number of rotatable bonds is 4. The van der Waals surface area contributed by atoms with Crippen LogP contribution in [0.25, 0.3) is 22.3 Å². The lowest BCUT2D eigenvalue weighted by molar-refractivity contribution is 0.474. The zero-order valence-corrected chi connectivity index (χ0v) is 15.8. The normalized spacial score (nSPS) is 11.1. The van der Waals surface area contributed by atoms with Crippen molar-refractivity contribution in [1.82, 2.24) is 9.97 Å². The summed E-state index contributed by atoms with van der Waals surface area (Å²) in [5.74, 6) is 1.39. The summed E-state index contributed by atoms with van der Waals surface area (Å²) in [6, 6.07) is 22.6. The van der Waals surface area contributed by atoms with Gasteiger partial charge in [0.05, 0.1) is 11.7 Å². The molecule has 0 aliphatic rings. The van der Waals surface area contributed by atoms with Gasteiger partial charge < -0.3 is 5.11 Å². The van der Waals surface area contributed by atoms with E-state index in [0.717, 1.165) is 20.9 Å². The molecule has 0 bridgehead atoms.